The first-order valence-corrected chi connectivity index (χ1v) is 5.24. The fourth-order valence-corrected chi connectivity index (χ4v) is 1.41. The molecule has 4 nitrogen and oxygen atoms in total. The SMILES string of the molecule is O=[SH](=O)NC(O)c1cccc(C(F)(F)F)c1. The van der Waals surface area contributed by atoms with Gasteiger partial charge in [-0.2, -0.15) is 17.9 Å². The molecule has 0 amide bonds. The lowest BCUT2D eigenvalue weighted by molar-refractivity contribution is -0.137. The summed E-state index contributed by atoms with van der Waals surface area (Å²) < 4.78 is 58.9. The minimum atomic E-state index is -4.53. The summed E-state index contributed by atoms with van der Waals surface area (Å²) in [5.41, 5.74) is -1.12. The van der Waals surface area contributed by atoms with E-state index < -0.39 is 28.9 Å². The smallest absolute Gasteiger partial charge is 0.373 e. The third-order valence-corrected chi connectivity index (χ3v) is 2.21. The van der Waals surface area contributed by atoms with Gasteiger partial charge in [-0.25, -0.2) is 8.42 Å². The third-order valence-electron chi connectivity index (χ3n) is 1.76. The minimum Gasteiger partial charge on any atom is -0.373 e. The number of hydrogen-bond donors (Lipinski definition) is 3. The molecule has 90 valence electrons. The van der Waals surface area contributed by atoms with E-state index in [4.69, 9.17) is 0 Å². The maximum atomic E-state index is 12.3. The largest absolute Gasteiger partial charge is 0.416 e. The summed E-state index contributed by atoms with van der Waals surface area (Å²) in [6, 6.07) is 3.77. The van der Waals surface area contributed by atoms with Crippen molar-refractivity contribution in [3.8, 4) is 0 Å². The molecular formula is C8H8F3NO3S. The van der Waals surface area contributed by atoms with Crippen LogP contribution < -0.4 is 4.72 Å². The highest BCUT2D eigenvalue weighted by Crippen LogP contribution is 2.30. The van der Waals surface area contributed by atoms with Gasteiger partial charge in [-0.3, -0.25) is 0 Å². The zero-order valence-electron chi connectivity index (χ0n) is 7.73. The van der Waals surface area contributed by atoms with Gasteiger partial charge in [0.2, 0.25) is 10.9 Å². The van der Waals surface area contributed by atoms with Crippen molar-refractivity contribution in [2.24, 2.45) is 0 Å². The van der Waals surface area contributed by atoms with E-state index in [0.29, 0.717) is 6.07 Å². The van der Waals surface area contributed by atoms with E-state index in [9.17, 15) is 26.7 Å². The van der Waals surface area contributed by atoms with Crippen molar-refractivity contribution in [2.75, 3.05) is 0 Å². The summed E-state index contributed by atoms with van der Waals surface area (Å²) in [5, 5.41) is 9.22. The average Bonchev–Trinajstić information content (AvgIpc) is 2.15. The van der Waals surface area contributed by atoms with Gasteiger partial charge in [0.1, 0.15) is 6.23 Å². The summed E-state index contributed by atoms with van der Waals surface area (Å²) in [4.78, 5) is 0. The average molecular weight is 255 g/mol. The molecule has 0 aliphatic rings. The minimum absolute atomic E-state index is 0.172. The lowest BCUT2D eigenvalue weighted by atomic mass is 10.1. The van der Waals surface area contributed by atoms with Crippen LogP contribution in [0.3, 0.4) is 0 Å². The van der Waals surface area contributed by atoms with Crippen LogP contribution in [0.15, 0.2) is 24.3 Å². The highest BCUT2D eigenvalue weighted by Gasteiger charge is 2.30. The van der Waals surface area contributed by atoms with Crippen LogP contribution in [0.5, 0.6) is 0 Å². The zero-order chi connectivity index (χ0) is 12.3. The number of thiol groups is 1. The van der Waals surface area contributed by atoms with Crippen LogP contribution in [0, 0.1) is 0 Å². The number of benzene rings is 1. The second kappa shape index (κ2) is 4.81. The Kier molecular flexibility index (Phi) is 3.89. The normalized spacial score (nSPS) is 14.1. The number of aliphatic hydroxyl groups is 1. The van der Waals surface area contributed by atoms with Gasteiger partial charge in [0, 0.05) is 0 Å². The van der Waals surface area contributed by atoms with Gasteiger partial charge in [0.05, 0.1) is 5.56 Å². The Balaban J connectivity index is 2.98. The van der Waals surface area contributed by atoms with Gasteiger partial charge in [-0.1, -0.05) is 12.1 Å². The third kappa shape index (κ3) is 3.47. The van der Waals surface area contributed by atoms with Crippen molar-refractivity contribution in [1.82, 2.24) is 4.72 Å². The summed E-state index contributed by atoms with van der Waals surface area (Å²) in [6.07, 6.45) is -6.21. The number of hydrogen-bond acceptors (Lipinski definition) is 3. The summed E-state index contributed by atoms with van der Waals surface area (Å²) in [5.74, 6) is 0. The molecule has 0 aliphatic carbocycles. The monoisotopic (exact) mass is 255 g/mol. The van der Waals surface area contributed by atoms with E-state index in [1.807, 2.05) is 0 Å². The van der Waals surface area contributed by atoms with Crippen LogP contribution in [0.25, 0.3) is 0 Å². The van der Waals surface area contributed by atoms with E-state index in [0.717, 1.165) is 12.1 Å². The first kappa shape index (κ1) is 12.9. The van der Waals surface area contributed by atoms with E-state index in [2.05, 4.69) is 0 Å². The Bertz CT molecular complexity index is 436. The summed E-state index contributed by atoms with van der Waals surface area (Å²) in [6.45, 7) is 0. The van der Waals surface area contributed by atoms with Gasteiger partial charge in [0.25, 0.3) is 0 Å². The zero-order valence-corrected chi connectivity index (χ0v) is 8.63. The standard InChI is InChI=1S/C8H8F3NO3S/c9-8(10,11)6-3-1-2-5(4-6)7(13)12-16(14)15/h1-4,7,13,16H,(H,12,14,15). The van der Waals surface area contributed by atoms with Crippen LogP contribution in [0.2, 0.25) is 0 Å². The van der Waals surface area contributed by atoms with E-state index >= 15 is 0 Å². The van der Waals surface area contributed by atoms with Crippen molar-refractivity contribution >= 4 is 10.9 Å². The van der Waals surface area contributed by atoms with Crippen molar-refractivity contribution in [2.45, 2.75) is 12.4 Å². The first-order chi connectivity index (χ1) is 7.30. The van der Waals surface area contributed by atoms with E-state index in [1.54, 1.807) is 4.72 Å². The molecule has 1 aromatic carbocycles. The molecule has 0 saturated carbocycles. The Morgan fingerprint density at radius 2 is 1.94 bits per heavy atom. The van der Waals surface area contributed by atoms with Crippen LogP contribution in [0.4, 0.5) is 13.2 Å². The van der Waals surface area contributed by atoms with Gasteiger partial charge in [-0.05, 0) is 17.7 Å². The van der Waals surface area contributed by atoms with Crippen LogP contribution >= 0.6 is 0 Å². The van der Waals surface area contributed by atoms with Gasteiger partial charge in [-0.15, -0.1) is 0 Å². The molecule has 0 heterocycles. The first-order valence-electron chi connectivity index (χ1n) is 4.06. The van der Waals surface area contributed by atoms with E-state index in [1.165, 1.54) is 6.07 Å². The van der Waals surface area contributed by atoms with E-state index in [-0.39, 0.29) is 5.56 Å². The molecule has 0 spiro atoms. The van der Waals surface area contributed by atoms with Crippen molar-refractivity contribution in [3.05, 3.63) is 35.4 Å². The number of halogens is 3. The fourth-order valence-electron chi connectivity index (χ4n) is 1.06. The number of nitrogens with one attached hydrogen (secondary N) is 1. The summed E-state index contributed by atoms with van der Waals surface area (Å²) >= 11 is 0. The molecule has 1 atom stereocenters. The van der Waals surface area contributed by atoms with Gasteiger partial charge in [0.15, 0.2) is 0 Å². The number of rotatable bonds is 3. The highest BCUT2D eigenvalue weighted by atomic mass is 32.2. The number of alkyl halides is 3. The Hall–Kier alpha value is -1.12. The lowest BCUT2D eigenvalue weighted by Gasteiger charge is -2.11. The molecule has 1 aromatic rings. The Morgan fingerprint density at radius 1 is 1.31 bits per heavy atom. The predicted octanol–water partition coefficient (Wildman–Crippen LogP) is 0.812. The van der Waals surface area contributed by atoms with Crippen molar-refractivity contribution in [3.63, 3.8) is 0 Å². The molecule has 0 saturated heterocycles. The molecule has 2 N–H and O–H groups in total. The fraction of sp³-hybridized carbons (Fsp3) is 0.250. The number of aliphatic hydroxyl groups excluding tert-OH is 1. The highest BCUT2D eigenvalue weighted by molar-refractivity contribution is 7.70. The quantitative estimate of drug-likeness (QED) is 0.553. The molecule has 0 fully saturated rings. The molecule has 8 heteroatoms. The van der Waals surface area contributed by atoms with Crippen molar-refractivity contribution in [1.29, 1.82) is 0 Å². The Labute approximate surface area is 90.8 Å². The molecule has 1 rings (SSSR count). The maximum Gasteiger partial charge on any atom is 0.416 e. The molecule has 0 radical (unpaired) electrons. The second-order valence-corrected chi connectivity index (χ2v) is 3.68. The van der Waals surface area contributed by atoms with Crippen molar-refractivity contribution < 1.29 is 26.7 Å². The second-order valence-electron chi connectivity index (χ2n) is 2.91. The lowest BCUT2D eigenvalue weighted by Crippen LogP contribution is -2.19. The van der Waals surface area contributed by atoms with Gasteiger partial charge < -0.3 is 5.11 Å². The van der Waals surface area contributed by atoms with Gasteiger partial charge >= 0.3 is 6.18 Å². The molecule has 1 unspecified atom stereocenters. The van der Waals surface area contributed by atoms with Crippen LogP contribution in [-0.4, -0.2) is 13.5 Å². The molecule has 0 aromatic heterocycles. The molecule has 0 bridgehead atoms. The summed E-state index contributed by atoms with van der Waals surface area (Å²) in [7, 11) is -3.08. The Morgan fingerprint density at radius 3 is 2.44 bits per heavy atom. The molecule has 16 heavy (non-hydrogen) atoms. The molecular weight excluding hydrogens is 247 g/mol. The maximum absolute atomic E-state index is 12.3. The van der Waals surface area contributed by atoms with Crippen LogP contribution in [0.1, 0.15) is 17.4 Å². The predicted molar refractivity (Wildman–Crippen MR) is 49.9 cm³/mol. The topological polar surface area (TPSA) is 66.4 Å². The van der Waals surface area contributed by atoms with Crippen LogP contribution in [-0.2, 0) is 17.1 Å². The molecule has 0 aliphatic heterocycles.